The summed E-state index contributed by atoms with van der Waals surface area (Å²) in [4.78, 5) is 18.7. The number of piperidine rings is 1. The molecule has 1 aliphatic rings. The van der Waals surface area contributed by atoms with Gasteiger partial charge >= 0.3 is 0 Å². The van der Waals surface area contributed by atoms with Crippen molar-refractivity contribution in [2.45, 2.75) is 45.6 Å². The Morgan fingerprint density at radius 2 is 2.04 bits per heavy atom. The molecule has 1 amide bonds. The number of pyridine rings is 1. The standard InChI is InChI=1S/C19H25FN4O2/c1-12(17-13(2)22-23(4)14(17)3)19(25)24-10-7-15(8-11-24)26-18-16(20)6-5-9-21-18/h5-6,9,12,15H,7-8,10-11H2,1-4H3. The molecule has 0 bridgehead atoms. The van der Waals surface area contributed by atoms with Crippen LogP contribution in [0.2, 0.25) is 0 Å². The summed E-state index contributed by atoms with van der Waals surface area (Å²) in [7, 11) is 1.89. The Morgan fingerprint density at radius 1 is 1.35 bits per heavy atom. The highest BCUT2D eigenvalue weighted by Gasteiger charge is 2.30. The minimum absolute atomic E-state index is 0.0345. The minimum Gasteiger partial charge on any atom is -0.472 e. The SMILES string of the molecule is Cc1nn(C)c(C)c1C(C)C(=O)N1CCC(Oc2ncccc2F)CC1. The molecular formula is C19H25FN4O2. The zero-order chi connectivity index (χ0) is 18.8. The number of nitrogens with zero attached hydrogens (tertiary/aromatic N) is 4. The van der Waals surface area contributed by atoms with E-state index in [0.29, 0.717) is 25.9 Å². The zero-order valence-electron chi connectivity index (χ0n) is 15.7. The van der Waals surface area contributed by atoms with E-state index in [1.165, 1.54) is 18.3 Å². The summed E-state index contributed by atoms with van der Waals surface area (Å²) >= 11 is 0. The number of aromatic nitrogens is 3. The highest BCUT2D eigenvalue weighted by molar-refractivity contribution is 5.84. The van der Waals surface area contributed by atoms with Crippen LogP contribution in [-0.4, -0.2) is 44.8 Å². The second-order valence-electron chi connectivity index (χ2n) is 6.86. The van der Waals surface area contributed by atoms with Gasteiger partial charge in [-0.2, -0.15) is 5.10 Å². The molecule has 6 nitrogen and oxygen atoms in total. The molecule has 26 heavy (non-hydrogen) atoms. The molecule has 1 aliphatic heterocycles. The molecule has 7 heteroatoms. The fraction of sp³-hybridized carbons (Fsp3) is 0.526. The summed E-state index contributed by atoms with van der Waals surface area (Å²) in [5, 5.41) is 4.41. The van der Waals surface area contributed by atoms with E-state index in [0.717, 1.165) is 17.0 Å². The summed E-state index contributed by atoms with van der Waals surface area (Å²) in [6.45, 7) is 7.06. The molecule has 0 N–H and O–H groups in total. The van der Waals surface area contributed by atoms with Gasteiger partial charge in [0.15, 0.2) is 5.82 Å². The third kappa shape index (κ3) is 3.57. The molecule has 0 spiro atoms. The Morgan fingerprint density at radius 3 is 2.62 bits per heavy atom. The first-order valence-electron chi connectivity index (χ1n) is 8.94. The number of halogens is 1. The van der Waals surface area contributed by atoms with E-state index >= 15 is 0 Å². The van der Waals surface area contributed by atoms with Gasteiger partial charge in [-0.05, 0) is 32.9 Å². The minimum atomic E-state index is -0.456. The maximum Gasteiger partial charge on any atom is 0.250 e. The van der Waals surface area contributed by atoms with Crippen LogP contribution in [-0.2, 0) is 11.8 Å². The quantitative estimate of drug-likeness (QED) is 0.841. The summed E-state index contributed by atoms with van der Waals surface area (Å²) in [6.07, 6.45) is 2.72. The van der Waals surface area contributed by atoms with Crippen molar-refractivity contribution in [3.63, 3.8) is 0 Å². The van der Waals surface area contributed by atoms with Crippen LogP contribution in [0.1, 0.15) is 42.6 Å². The maximum atomic E-state index is 13.7. The van der Waals surface area contributed by atoms with Crippen molar-refractivity contribution < 1.29 is 13.9 Å². The van der Waals surface area contributed by atoms with Gasteiger partial charge in [-0.15, -0.1) is 0 Å². The van der Waals surface area contributed by atoms with E-state index in [1.807, 2.05) is 37.4 Å². The molecule has 0 aliphatic carbocycles. The Bertz CT molecular complexity index is 797. The average molecular weight is 360 g/mol. The van der Waals surface area contributed by atoms with Crippen molar-refractivity contribution in [3.8, 4) is 5.88 Å². The molecular weight excluding hydrogens is 335 g/mol. The number of carbonyl (C=O) groups is 1. The van der Waals surface area contributed by atoms with Gasteiger partial charge in [0.25, 0.3) is 5.88 Å². The van der Waals surface area contributed by atoms with Crippen molar-refractivity contribution in [2.24, 2.45) is 7.05 Å². The van der Waals surface area contributed by atoms with Crippen LogP contribution in [0.3, 0.4) is 0 Å². The molecule has 3 heterocycles. The zero-order valence-corrected chi connectivity index (χ0v) is 15.7. The van der Waals surface area contributed by atoms with Gasteiger partial charge in [0.05, 0.1) is 11.6 Å². The van der Waals surface area contributed by atoms with E-state index in [-0.39, 0.29) is 23.8 Å². The number of amides is 1. The molecule has 2 aromatic rings. The van der Waals surface area contributed by atoms with Crippen molar-refractivity contribution in [2.75, 3.05) is 13.1 Å². The monoisotopic (exact) mass is 360 g/mol. The van der Waals surface area contributed by atoms with Crippen molar-refractivity contribution >= 4 is 5.91 Å². The first kappa shape index (κ1) is 18.4. The molecule has 0 radical (unpaired) electrons. The number of ether oxygens (including phenoxy) is 1. The fourth-order valence-electron chi connectivity index (χ4n) is 3.62. The maximum absolute atomic E-state index is 13.7. The third-order valence-electron chi connectivity index (χ3n) is 5.13. The molecule has 1 atom stereocenters. The lowest BCUT2D eigenvalue weighted by molar-refractivity contribution is -0.134. The number of hydrogen-bond donors (Lipinski definition) is 0. The molecule has 0 saturated carbocycles. The molecule has 140 valence electrons. The van der Waals surface area contributed by atoms with Gasteiger partial charge in [0.1, 0.15) is 6.10 Å². The fourth-order valence-corrected chi connectivity index (χ4v) is 3.62. The molecule has 1 unspecified atom stereocenters. The van der Waals surface area contributed by atoms with Gasteiger partial charge in [-0.3, -0.25) is 9.48 Å². The topological polar surface area (TPSA) is 60.2 Å². The van der Waals surface area contributed by atoms with Gasteiger partial charge in [-0.25, -0.2) is 9.37 Å². The smallest absolute Gasteiger partial charge is 0.250 e. The number of rotatable bonds is 4. The molecule has 1 saturated heterocycles. The van der Waals surface area contributed by atoms with Crippen LogP contribution >= 0.6 is 0 Å². The summed E-state index contributed by atoms with van der Waals surface area (Å²) in [5.74, 6) is -0.546. The van der Waals surface area contributed by atoms with E-state index < -0.39 is 5.82 Å². The van der Waals surface area contributed by atoms with Crippen LogP contribution < -0.4 is 4.74 Å². The van der Waals surface area contributed by atoms with E-state index in [1.54, 1.807) is 0 Å². The van der Waals surface area contributed by atoms with Gasteiger partial charge in [-0.1, -0.05) is 0 Å². The average Bonchev–Trinajstić information content (AvgIpc) is 2.88. The van der Waals surface area contributed by atoms with Crippen LogP contribution in [0, 0.1) is 19.7 Å². The van der Waals surface area contributed by atoms with Crippen LogP contribution in [0.5, 0.6) is 5.88 Å². The first-order valence-corrected chi connectivity index (χ1v) is 8.94. The Labute approximate surface area is 153 Å². The summed E-state index contributed by atoms with van der Waals surface area (Å²) in [5.41, 5.74) is 2.92. The molecule has 2 aromatic heterocycles. The van der Waals surface area contributed by atoms with Crippen LogP contribution in [0.4, 0.5) is 4.39 Å². The second-order valence-corrected chi connectivity index (χ2v) is 6.86. The van der Waals surface area contributed by atoms with Gasteiger partial charge in [0.2, 0.25) is 5.91 Å². The lowest BCUT2D eigenvalue weighted by Gasteiger charge is -2.33. The molecule has 1 fully saturated rings. The number of likely N-dealkylation sites (tertiary alicyclic amines) is 1. The van der Waals surface area contributed by atoms with Crippen LogP contribution in [0.25, 0.3) is 0 Å². The number of carbonyl (C=O) groups excluding carboxylic acids is 1. The van der Waals surface area contributed by atoms with Crippen LogP contribution in [0.15, 0.2) is 18.3 Å². The Balaban J connectivity index is 1.61. The van der Waals surface area contributed by atoms with Crippen molar-refractivity contribution in [1.29, 1.82) is 0 Å². The largest absolute Gasteiger partial charge is 0.472 e. The van der Waals surface area contributed by atoms with E-state index in [2.05, 4.69) is 10.1 Å². The second kappa shape index (κ2) is 7.43. The molecule has 0 aromatic carbocycles. The summed E-state index contributed by atoms with van der Waals surface area (Å²) in [6, 6.07) is 2.87. The Hall–Kier alpha value is -2.44. The van der Waals surface area contributed by atoms with Crippen molar-refractivity contribution in [1.82, 2.24) is 19.7 Å². The Kier molecular flexibility index (Phi) is 5.25. The lowest BCUT2D eigenvalue weighted by Crippen LogP contribution is -2.43. The summed E-state index contributed by atoms with van der Waals surface area (Å²) < 4.78 is 21.1. The van der Waals surface area contributed by atoms with E-state index in [4.69, 9.17) is 4.74 Å². The highest BCUT2D eigenvalue weighted by Crippen LogP contribution is 2.27. The van der Waals surface area contributed by atoms with Gasteiger partial charge < -0.3 is 9.64 Å². The van der Waals surface area contributed by atoms with Crippen molar-refractivity contribution in [3.05, 3.63) is 41.1 Å². The highest BCUT2D eigenvalue weighted by atomic mass is 19.1. The van der Waals surface area contributed by atoms with Gasteiger partial charge in [0, 0.05) is 50.4 Å². The number of hydrogen-bond acceptors (Lipinski definition) is 4. The normalized spacial score (nSPS) is 16.6. The van der Waals surface area contributed by atoms with E-state index in [9.17, 15) is 9.18 Å². The predicted octanol–water partition coefficient (Wildman–Crippen LogP) is 2.74. The molecule has 3 rings (SSSR count). The number of aryl methyl sites for hydroxylation is 2. The third-order valence-corrected chi connectivity index (χ3v) is 5.13. The lowest BCUT2D eigenvalue weighted by atomic mass is 9.96. The predicted molar refractivity (Wildman–Crippen MR) is 95.5 cm³/mol. The first-order chi connectivity index (χ1) is 12.4.